The second-order valence-corrected chi connectivity index (χ2v) is 6.61. The molecule has 0 bridgehead atoms. The van der Waals surface area contributed by atoms with E-state index in [1.54, 1.807) is 24.3 Å². The van der Waals surface area contributed by atoms with Crippen molar-refractivity contribution in [2.24, 2.45) is 5.90 Å². The summed E-state index contributed by atoms with van der Waals surface area (Å²) >= 11 is 6.18. The van der Waals surface area contributed by atoms with E-state index < -0.39 is 0 Å². The Bertz CT molecular complexity index is 1010. The summed E-state index contributed by atoms with van der Waals surface area (Å²) in [6.45, 7) is 6.31. The zero-order valence-corrected chi connectivity index (χ0v) is 15.7. The van der Waals surface area contributed by atoms with Gasteiger partial charge in [-0.15, -0.1) is 0 Å². The Morgan fingerprint density at radius 3 is 2.30 bits per heavy atom. The molecule has 0 saturated heterocycles. The molecule has 0 aliphatic rings. The Morgan fingerprint density at radius 1 is 0.963 bits per heavy atom. The van der Waals surface area contributed by atoms with Crippen molar-refractivity contribution < 1.29 is 9.94 Å². The van der Waals surface area contributed by atoms with Gasteiger partial charge in [-0.05, 0) is 65.6 Å². The molecule has 3 N–H and O–H groups in total. The minimum absolute atomic E-state index is 0.168. The summed E-state index contributed by atoms with van der Waals surface area (Å²) < 4.78 is 0. The SMILES string of the molecule is C=C(/C(=C(\ON)c1ccc(O)cc1)c1ccccc1C)c1cccc(Cl)c1. The number of phenolic OH excluding ortho intramolecular Hbond substituents is 1. The second kappa shape index (κ2) is 8.12. The quantitative estimate of drug-likeness (QED) is 0.255. The molecular weight excluding hydrogens is 358 g/mol. The summed E-state index contributed by atoms with van der Waals surface area (Å²) in [6.07, 6.45) is 0. The van der Waals surface area contributed by atoms with E-state index in [-0.39, 0.29) is 5.75 Å². The van der Waals surface area contributed by atoms with Crippen molar-refractivity contribution in [3.05, 3.63) is 107 Å². The molecule has 0 aliphatic heterocycles. The van der Waals surface area contributed by atoms with Crippen molar-refractivity contribution in [3.63, 3.8) is 0 Å². The van der Waals surface area contributed by atoms with Crippen LogP contribution in [0.5, 0.6) is 5.75 Å². The molecule has 0 fully saturated rings. The van der Waals surface area contributed by atoms with Gasteiger partial charge in [0.25, 0.3) is 0 Å². The largest absolute Gasteiger partial charge is 0.508 e. The standard InChI is InChI=1S/C23H20ClNO2/c1-15-6-3-4-9-21(15)22(16(2)18-7-5-8-19(24)14-18)23(27-25)17-10-12-20(26)13-11-17/h3-14,26H,2,25H2,1H3/b23-22+. The van der Waals surface area contributed by atoms with Crippen LogP contribution in [0.3, 0.4) is 0 Å². The number of phenols is 1. The smallest absolute Gasteiger partial charge is 0.162 e. The van der Waals surface area contributed by atoms with Crippen molar-refractivity contribution in [2.45, 2.75) is 6.92 Å². The lowest BCUT2D eigenvalue weighted by Gasteiger charge is -2.19. The second-order valence-electron chi connectivity index (χ2n) is 6.17. The molecule has 0 heterocycles. The van der Waals surface area contributed by atoms with Crippen LogP contribution >= 0.6 is 11.6 Å². The van der Waals surface area contributed by atoms with Gasteiger partial charge in [0.05, 0.1) is 0 Å². The fourth-order valence-electron chi connectivity index (χ4n) is 2.98. The number of halogens is 1. The lowest BCUT2D eigenvalue weighted by atomic mass is 9.88. The molecule has 0 unspecified atom stereocenters. The van der Waals surface area contributed by atoms with Crippen LogP contribution in [0, 0.1) is 6.92 Å². The maximum atomic E-state index is 9.61. The average Bonchev–Trinajstić information content (AvgIpc) is 2.67. The van der Waals surface area contributed by atoms with E-state index in [0.29, 0.717) is 10.8 Å². The molecule has 3 nitrogen and oxygen atoms in total. The van der Waals surface area contributed by atoms with E-state index in [1.165, 1.54) is 0 Å². The average molecular weight is 378 g/mol. The fraction of sp³-hybridized carbons (Fsp3) is 0.0435. The third-order valence-electron chi connectivity index (χ3n) is 4.36. The molecule has 3 aromatic rings. The van der Waals surface area contributed by atoms with Crippen LogP contribution in [-0.4, -0.2) is 5.11 Å². The molecule has 0 saturated carbocycles. The van der Waals surface area contributed by atoms with Crippen LogP contribution in [0.2, 0.25) is 5.02 Å². The lowest BCUT2D eigenvalue weighted by Crippen LogP contribution is -2.04. The molecule has 3 rings (SSSR count). The topological polar surface area (TPSA) is 55.5 Å². The van der Waals surface area contributed by atoms with Gasteiger partial charge in [-0.25, -0.2) is 0 Å². The van der Waals surface area contributed by atoms with E-state index in [2.05, 4.69) is 6.58 Å². The van der Waals surface area contributed by atoms with Gasteiger partial charge >= 0.3 is 0 Å². The molecule has 0 aromatic heterocycles. The Morgan fingerprint density at radius 2 is 1.67 bits per heavy atom. The molecule has 0 spiro atoms. The number of nitrogens with two attached hydrogens (primary N) is 1. The van der Waals surface area contributed by atoms with E-state index in [0.717, 1.165) is 33.4 Å². The van der Waals surface area contributed by atoms with Crippen LogP contribution in [0.15, 0.2) is 79.4 Å². The van der Waals surface area contributed by atoms with Crippen molar-refractivity contribution in [2.75, 3.05) is 0 Å². The first-order valence-electron chi connectivity index (χ1n) is 8.43. The normalized spacial score (nSPS) is 11.7. The molecule has 0 radical (unpaired) electrons. The summed E-state index contributed by atoms with van der Waals surface area (Å²) in [6, 6.07) is 22.1. The maximum absolute atomic E-state index is 9.61. The Kier molecular flexibility index (Phi) is 5.65. The number of rotatable bonds is 5. The Labute approximate surface area is 163 Å². The number of aryl methyl sites for hydroxylation is 1. The van der Waals surface area contributed by atoms with Gasteiger partial charge in [0.15, 0.2) is 5.76 Å². The number of allylic oxidation sites excluding steroid dienone is 2. The highest BCUT2D eigenvalue weighted by atomic mass is 35.5. The number of aromatic hydroxyl groups is 1. The van der Waals surface area contributed by atoms with Crippen LogP contribution in [0.1, 0.15) is 22.3 Å². The molecule has 0 aliphatic carbocycles. The number of hydrogen-bond acceptors (Lipinski definition) is 3. The van der Waals surface area contributed by atoms with Gasteiger partial charge in [0.2, 0.25) is 0 Å². The zero-order chi connectivity index (χ0) is 19.4. The third kappa shape index (κ3) is 4.05. The molecule has 0 amide bonds. The van der Waals surface area contributed by atoms with Crippen LogP contribution in [0.25, 0.3) is 16.9 Å². The summed E-state index contributed by atoms with van der Waals surface area (Å²) in [7, 11) is 0. The molecular formula is C23H20ClNO2. The van der Waals surface area contributed by atoms with Crippen molar-refractivity contribution in [1.29, 1.82) is 0 Å². The van der Waals surface area contributed by atoms with E-state index >= 15 is 0 Å². The molecule has 3 aromatic carbocycles. The van der Waals surface area contributed by atoms with E-state index in [4.69, 9.17) is 22.3 Å². The van der Waals surface area contributed by atoms with Crippen LogP contribution in [0.4, 0.5) is 0 Å². The summed E-state index contributed by atoms with van der Waals surface area (Å²) in [5.74, 6) is 6.32. The van der Waals surface area contributed by atoms with Gasteiger partial charge < -0.3 is 9.94 Å². The summed E-state index contributed by atoms with van der Waals surface area (Å²) in [4.78, 5) is 5.32. The fourth-order valence-corrected chi connectivity index (χ4v) is 3.17. The first kappa shape index (κ1) is 18.8. The summed E-state index contributed by atoms with van der Waals surface area (Å²) in [5, 5.41) is 10.2. The first-order chi connectivity index (χ1) is 13.0. The Hall–Kier alpha value is -3.01. The first-order valence-corrected chi connectivity index (χ1v) is 8.80. The highest BCUT2D eigenvalue weighted by Gasteiger charge is 2.19. The third-order valence-corrected chi connectivity index (χ3v) is 4.60. The Balaban J connectivity index is 2.28. The van der Waals surface area contributed by atoms with Crippen molar-refractivity contribution in [3.8, 4) is 5.75 Å². The zero-order valence-electron chi connectivity index (χ0n) is 14.9. The predicted octanol–water partition coefficient (Wildman–Crippen LogP) is 5.83. The van der Waals surface area contributed by atoms with Gasteiger partial charge in [-0.3, -0.25) is 0 Å². The van der Waals surface area contributed by atoms with E-state index in [1.807, 2.05) is 55.5 Å². The van der Waals surface area contributed by atoms with Gasteiger partial charge in [0, 0.05) is 16.2 Å². The summed E-state index contributed by atoms with van der Waals surface area (Å²) in [5.41, 5.74) is 5.12. The molecule has 0 atom stereocenters. The number of hydrogen-bond donors (Lipinski definition) is 2. The highest BCUT2D eigenvalue weighted by Crippen LogP contribution is 2.38. The van der Waals surface area contributed by atoms with Crippen LogP contribution < -0.4 is 5.90 Å². The predicted molar refractivity (Wildman–Crippen MR) is 112 cm³/mol. The number of benzene rings is 3. The molecule has 136 valence electrons. The van der Waals surface area contributed by atoms with E-state index in [9.17, 15) is 5.11 Å². The monoisotopic (exact) mass is 377 g/mol. The van der Waals surface area contributed by atoms with Gasteiger partial charge in [0.1, 0.15) is 5.75 Å². The minimum Gasteiger partial charge on any atom is -0.508 e. The minimum atomic E-state index is 0.168. The van der Waals surface area contributed by atoms with Gasteiger partial charge in [-0.1, -0.05) is 54.6 Å². The maximum Gasteiger partial charge on any atom is 0.162 e. The molecule has 27 heavy (non-hydrogen) atoms. The lowest BCUT2D eigenvalue weighted by molar-refractivity contribution is 0.292. The molecule has 4 heteroatoms. The van der Waals surface area contributed by atoms with Crippen LogP contribution in [-0.2, 0) is 4.84 Å². The highest BCUT2D eigenvalue weighted by molar-refractivity contribution is 6.31. The van der Waals surface area contributed by atoms with Crippen molar-refractivity contribution >= 4 is 28.5 Å². The van der Waals surface area contributed by atoms with Crippen molar-refractivity contribution in [1.82, 2.24) is 0 Å². The van der Waals surface area contributed by atoms with Gasteiger partial charge in [-0.2, -0.15) is 5.90 Å².